The molecule has 0 fully saturated rings. The molecule has 0 aliphatic carbocycles. The van der Waals surface area contributed by atoms with Gasteiger partial charge in [0.05, 0.1) is 18.2 Å². The molecule has 2 N–H and O–H groups in total. The minimum Gasteiger partial charge on any atom is -0.229 e. The van der Waals surface area contributed by atoms with E-state index in [1.807, 2.05) is 0 Å². The van der Waals surface area contributed by atoms with Crippen LogP contribution in [0.1, 0.15) is 6.42 Å². The lowest BCUT2D eigenvalue weighted by molar-refractivity contribution is 0.597. The summed E-state index contributed by atoms with van der Waals surface area (Å²) in [6.07, 6.45) is -0.0289. The van der Waals surface area contributed by atoms with Crippen molar-refractivity contribution in [3.05, 3.63) is 0 Å². The van der Waals surface area contributed by atoms with Gasteiger partial charge in [0.2, 0.25) is 10.0 Å². The maximum absolute atomic E-state index is 10.0. The quantitative estimate of drug-likeness (QED) is 0.536. The van der Waals surface area contributed by atoms with Crippen LogP contribution >= 0.6 is 0 Å². The van der Waals surface area contributed by atoms with Gasteiger partial charge in [0.15, 0.2) is 0 Å². The van der Waals surface area contributed by atoms with Gasteiger partial charge in [0.1, 0.15) is 0 Å². The second-order valence-electron chi connectivity index (χ2n) is 1.28. The molecule has 46 valence electrons. The highest BCUT2D eigenvalue weighted by Gasteiger charge is 1.98. The summed E-state index contributed by atoms with van der Waals surface area (Å²) in [7, 11) is -3.41. The molecule has 0 radical (unpaired) electrons. The Balaban J connectivity index is 3.63. The van der Waals surface area contributed by atoms with Crippen molar-refractivity contribution in [2.75, 3.05) is 5.75 Å². The van der Waals surface area contributed by atoms with Crippen molar-refractivity contribution in [2.24, 2.45) is 5.14 Å². The summed E-state index contributed by atoms with van der Waals surface area (Å²) in [4.78, 5) is 0. The van der Waals surface area contributed by atoms with Gasteiger partial charge in [-0.2, -0.15) is 5.26 Å². The molecule has 0 spiro atoms. The fraction of sp³-hybridized carbons (Fsp3) is 0.667. The molecule has 0 aromatic heterocycles. The van der Waals surface area contributed by atoms with Gasteiger partial charge in [-0.05, 0) is 0 Å². The highest BCUT2D eigenvalue weighted by Crippen LogP contribution is 1.80. The van der Waals surface area contributed by atoms with Crippen LogP contribution in [0.4, 0.5) is 0 Å². The van der Waals surface area contributed by atoms with Crippen LogP contribution in [0.3, 0.4) is 0 Å². The van der Waals surface area contributed by atoms with Gasteiger partial charge >= 0.3 is 0 Å². The Morgan fingerprint density at radius 1 is 1.62 bits per heavy atom. The van der Waals surface area contributed by atoms with Gasteiger partial charge in [0.25, 0.3) is 0 Å². The van der Waals surface area contributed by atoms with Crippen LogP contribution in [0.2, 0.25) is 0 Å². The van der Waals surface area contributed by atoms with Crippen LogP contribution in [-0.4, -0.2) is 14.2 Å². The van der Waals surface area contributed by atoms with Crippen molar-refractivity contribution < 1.29 is 8.42 Å². The summed E-state index contributed by atoms with van der Waals surface area (Å²) in [6, 6.07) is 1.67. The summed E-state index contributed by atoms with van der Waals surface area (Å²) in [5.41, 5.74) is 0. The number of sulfonamides is 1. The number of nitrogens with two attached hydrogens (primary N) is 1. The molecule has 5 heteroatoms. The average Bonchev–Trinajstić information content (AvgIpc) is 1.59. The molecule has 0 atom stereocenters. The third kappa shape index (κ3) is 5.40. The Morgan fingerprint density at radius 2 is 2.12 bits per heavy atom. The van der Waals surface area contributed by atoms with Crippen LogP contribution < -0.4 is 5.14 Å². The van der Waals surface area contributed by atoms with E-state index in [9.17, 15) is 8.42 Å². The highest BCUT2D eigenvalue weighted by molar-refractivity contribution is 7.89. The second kappa shape index (κ2) is 2.64. The molecule has 8 heavy (non-hydrogen) atoms. The lowest BCUT2D eigenvalue weighted by atomic mass is 10.6. The van der Waals surface area contributed by atoms with E-state index in [0.717, 1.165) is 0 Å². The summed E-state index contributed by atoms with van der Waals surface area (Å²) in [6.45, 7) is 0. The Kier molecular flexibility index (Phi) is 2.45. The van der Waals surface area contributed by atoms with Gasteiger partial charge in [-0.1, -0.05) is 0 Å². The van der Waals surface area contributed by atoms with Crippen LogP contribution in [0.15, 0.2) is 0 Å². The lowest BCUT2D eigenvalue weighted by Crippen LogP contribution is -2.15. The van der Waals surface area contributed by atoms with Gasteiger partial charge in [-0.15, -0.1) is 0 Å². The standard InChI is InChI=1S/C3H6N2O2S/c4-2-1-3-8(5,6)7/h1,3H2,(H2,5,6,7). The molecule has 0 bridgehead atoms. The van der Waals surface area contributed by atoms with Gasteiger partial charge in [-0.25, -0.2) is 13.6 Å². The number of hydrogen-bond donors (Lipinski definition) is 1. The molecular weight excluding hydrogens is 128 g/mol. The van der Waals surface area contributed by atoms with Crippen molar-refractivity contribution in [3.63, 3.8) is 0 Å². The maximum atomic E-state index is 10.0. The van der Waals surface area contributed by atoms with Gasteiger partial charge in [0, 0.05) is 0 Å². The van der Waals surface area contributed by atoms with Crippen molar-refractivity contribution in [1.29, 1.82) is 5.26 Å². The second-order valence-corrected chi connectivity index (χ2v) is 3.01. The topological polar surface area (TPSA) is 83.9 Å². The van der Waals surface area contributed by atoms with Crippen LogP contribution in [0, 0.1) is 11.3 Å². The molecular formula is C3H6N2O2S. The first-order valence-corrected chi connectivity index (χ1v) is 3.65. The Labute approximate surface area is 48.0 Å². The number of hydrogen-bond acceptors (Lipinski definition) is 3. The zero-order chi connectivity index (χ0) is 6.62. The predicted molar refractivity (Wildman–Crippen MR) is 28.2 cm³/mol. The Morgan fingerprint density at radius 3 is 2.25 bits per heavy atom. The molecule has 0 saturated heterocycles. The molecule has 0 saturated carbocycles. The molecule has 0 rings (SSSR count). The molecule has 4 nitrogen and oxygen atoms in total. The van der Waals surface area contributed by atoms with Crippen LogP contribution in [-0.2, 0) is 10.0 Å². The number of primary sulfonamides is 1. The lowest BCUT2D eigenvalue weighted by Gasteiger charge is -1.86. The molecule has 0 aromatic rings. The average molecular weight is 134 g/mol. The van der Waals surface area contributed by atoms with Crippen molar-refractivity contribution in [1.82, 2.24) is 0 Å². The number of nitrogens with zero attached hydrogens (tertiary/aromatic N) is 1. The smallest absolute Gasteiger partial charge is 0.210 e. The third-order valence-electron chi connectivity index (χ3n) is 0.498. The zero-order valence-electron chi connectivity index (χ0n) is 4.16. The summed E-state index contributed by atoms with van der Waals surface area (Å²) >= 11 is 0. The van der Waals surface area contributed by atoms with Crippen molar-refractivity contribution in [3.8, 4) is 6.07 Å². The fourth-order valence-electron chi connectivity index (χ4n) is 0.188. The van der Waals surface area contributed by atoms with E-state index in [0.29, 0.717) is 0 Å². The number of nitriles is 1. The first kappa shape index (κ1) is 7.40. The SMILES string of the molecule is N#CCCS(N)(=O)=O. The summed E-state index contributed by atoms with van der Waals surface area (Å²) in [5, 5.41) is 12.4. The Bertz CT molecular complexity index is 188. The third-order valence-corrected chi connectivity index (χ3v) is 1.27. The normalized spacial score (nSPS) is 10.5. The maximum Gasteiger partial charge on any atom is 0.210 e. The fourth-order valence-corrected chi connectivity index (χ4v) is 0.564. The molecule has 0 aromatic carbocycles. The van der Waals surface area contributed by atoms with E-state index in [1.165, 1.54) is 0 Å². The van der Waals surface area contributed by atoms with Crippen LogP contribution in [0.25, 0.3) is 0 Å². The molecule has 0 unspecified atom stereocenters. The van der Waals surface area contributed by atoms with Crippen molar-refractivity contribution in [2.45, 2.75) is 6.42 Å². The van der Waals surface area contributed by atoms with E-state index in [4.69, 9.17) is 5.26 Å². The predicted octanol–water partition coefficient (Wildman–Crippen LogP) is -0.811. The molecule has 0 aliphatic heterocycles. The van der Waals surface area contributed by atoms with E-state index < -0.39 is 10.0 Å². The monoisotopic (exact) mass is 134 g/mol. The van der Waals surface area contributed by atoms with E-state index in [-0.39, 0.29) is 12.2 Å². The Hall–Kier alpha value is -0.600. The van der Waals surface area contributed by atoms with Crippen LogP contribution in [0.5, 0.6) is 0 Å². The van der Waals surface area contributed by atoms with Gasteiger partial charge < -0.3 is 0 Å². The summed E-state index contributed by atoms with van der Waals surface area (Å²) in [5.74, 6) is -0.247. The van der Waals surface area contributed by atoms with E-state index in [1.54, 1.807) is 6.07 Å². The zero-order valence-corrected chi connectivity index (χ0v) is 4.98. The molecule has 0 heterocycles. The van der Waals surface area contributed by atoms with Gasteiger partial charge in [-0.3, -0.25) is 0 Å². The number of rotatable bonds is 2. The van der Waals surface area contributed by atoms with E-state index >= 15 is 0 Å². The highest BCUT2D eigenvalue weighted by atomic mass is 32.2. The first-order valence-electron chi connectivity index (χ1n) is 1.93. The minimum atomic E-state index is -3.41. The van der Waals surface area contributed by atoms with E-state index in [2.05, 4.69) is 5.14 Å². The first-order chi connectivity index (χ1) is 3.56. The molecule has 0 amide bonds. The minimum absolute atomic E-state index is 0.0289. The molecule has 0 aliphatic rings. The van der Waals surface area contributed by atoms with Crippen molar-refractivity contribution >= 4 is 10.0 Å². The largest absolute Gasteiger partial charge is 0.229 e. The summed E-state index contributed by atoms with van der Waals surface area (Å²) < 4.78 is 20.0.